The van der Waals surface area contributed by atoms with Crippen molar-refractivity contribution in [1.82, 2.24) is 4.90 Å². The molecule has 112 valence electrons. The standard InChI is InChI=1S/C13H19FN2O3S/c1-9(8-20(4)18)16(2)13(17)15-11-5-10(14)6-12(7-11)19-3/h5-7,9H,8H2,1-4H3,(H,15,17)/t9-,20-/m0/s1. The molecule has 1 aromatic rings. The highest BCUT2D eigenvalue weighted by atomic mass is 32.2. The van der Waals surface area contributed by atoms with Crippen LogP contribution in [-0.2, 0) is 10.8 Å². The number of ether oxygens (including phenoxy) is 1. The van der Waals surface area contributed by atoms with Gasteiger partial charge in [-0.2, -0.15) is 0 Å². The van der Waals surface area contributed by atoms with Crippen LogP contribution in [0.15, 0.2) is 18.2 Å². The molecule has 7 heteroatoms. The van der Waals surface area contributed by atoms with E-state index in [9.17, 15) is 13.4 Å². The minimum atomic E-state index is -0.990. The highest BCUT2D eigenvalue weighted by Crippen LogP contribution is 2.20. The van der Waals surface area contributed by atoms with Crippen LogP contribution < -0.4 is 10.1 Å². The number of nitrogens with one attached hydrogen (secondary N) is 1. The largest absolute Gasteiger partial charge is 0.497 e. The first-order chi connectivity index (χ1) is 9.33. The summed E-state index contributed by atoms with van der Waals surface area (Å²) in [7, 11) is 2.03. The topological polar surface area (TPSA) is 58.6 Å². The van der Waals surface area contributed by atoms with Crippen molar-refractivity contribution in [3.63, 3.8) is 0 Å². The molecule has 0 aromatic heterocycles. The quantitative estimate of drug-likeness (QED) is 0.906. The van der Waals surface area contributed by atoms with Crippen LogP contribution in [0.2, 0.25) is 0 Å². The number of nitrogens with zero attached hydrogens (tertiary/aromatic N) is 1. The van der Waals surface area contributed by atoms with Gasteiger partial charge >= 0.3 is 6.03 Å². The van der Waals surface area contributed by atoms with E-state index in [0.717, 1.165) is 0 Å². The van der Waals surface area contributed by atoms with Gasteiger partial charge in [-0.1, -0.05) is 0 Å². The first-order valence-corrected chi connectivity index (χ1v) is 7.74. The number of hydrogen-bond donors (Lipinski definition) is 1. The van der Waals surface area contributed by atoms with E-state index in [1.165, 1.54) is 30.2 Å². The van der Waals surface area contributed by atoms with E-state index in [1.54, 1.807) is 20.2 Å². The van der Waals surface area contributed by atoms with Gasteiger partial charge in [0.15, 0.2) is 0 Å². The van der Waals surface area contributed by atoms with Gasteiger partial charge in [0.05, 0.1) is 7.11 Å². The second-order valence-electron chi connectivity index (χ2n) is 4.51. The molecule has 0 unspecified atom stereocenters. The Bertz CT molecular complexity index is 510. The maximum Gasteiger partial charge on any atom is 0.321 e. The summed E-state index contributed by atoms with van der Waals surface area (Å²) in [5.74, 6) is 0.215. The van der Waals surface area contributed by atoms with Crippen LogP contribution in [0.1, 0.15) is 6.92 Å². The van der Waals surface area contributed by atoms with Gasteiger partial charge in [0.2, 0.25) is 0 Å². The lowest BCUT2D eigenvalue weighted by atomic mass is 10.3. The van der Waals surface area contributed by atoms with Crippen LogP contribution in [-0.4, -0.2) is 47.3 Å². The molecule has 20 heavy (non-hydrogen) atoms. The zero-order chi connectivity index (χ0) is 15.3. The number of rotatable bonds is 5. The molecule has 0 spiro atoms. The molecule has 5 nitrogen and oxygen atoms in total. The predicted octanol–water partition coefficient (Wildman–Crippen LogP) is 2.06. The molecular weight excluding hydrogens is 283 g/mol. The van der Waals surface area contributed by atoms with Gasteiger partial charge in [-0.25, -0.2) is 9.18 Å². The summed E-state index contributed by atoms with van der Waals surface area (Å²) in [6.45, 7) is 1.80. The summed E-state index contributed by atoms with van der Waals surface area (Å²) >= 11 is 0. The van der Waals surface area contributed by atoms with Crippen LogP contribution in [0.25, 0.3) is 0 Å². The molecule has 0 saturated heterocycles. The van der Waals surface area contributed by atoms with E-state index >= 15 is 0 Å². The molecule has 2 atom stereocenters. The average Bonchev–Trinajstić information content (AvgIpc) is 2.36. The van der Waals surface area contributed by atoms with E-state index in [2.05, 4.69) is 5.32 Å². The fraction of sp³-hybridized carbons (Fsp3) is 0.462. The number of carbonyl (C=O) groups is 1. The molecule has 1 N–H and O–H groups in total. The molecule has 0 heterocycles. The Kier molecular flexibility index (Phi) is 5.94. The summed E-state index contributed by atoms with van der Waals surface area (Å²) in [5, 5.41) is 2.58. The SMILES string of the molecule is COc1cc(F)cc(NC(=O)N(C)[C@@H](C)C[S@](C)=O)c1. The first kappa shape index (κ1) is 16.4. The molecule has 1 rings (SSSR count). The molecule has 0 aliphatic rings. The number of hydrogen-bond acceptors (Lipinski definition) is 3. The summed E-state index contributed by atoms with van der Waals surface area (Å²) in [6, 6.07) is 3.38. The summed E-state index contributed by atoms with van der Waals surface area (Å²) in [5.41, 5.74) is 0.309. The summed E-state index contributed by atoms with van der Waals surface area (Å²) in [4.78, 5) is 13.4. The lowest BCUT2D eigenvalue weighted by Crippen LogP contribution is -2.40. The maximum atomic E-state index is 13.3. The molecule has 0 aliphatic carbocycles. The number of benzene rings is 1. The van der Waals surface area contributed by atoms with Crippen molar-refractivity contribution in [2.75, 3.05) is 31.5 Å². The van der Waals surface area contributed by atoms with Crippen LogP contribution in [0.5, 0.6) is 5.75 Å². The van der Waals surface area contributed by atoms with Crippen molar-refractivity contribution < 1.29 is 18.1 Å². The second kappa shape index (κ2) is 7.23. The van der Waals surface area contributed by atoms with E-state index < -0.39 is 22.6 Å². The van der Waals surface area contributed by atoms with Gasteiger partial charge in [-0.3, -0.25) is 4.21 Å². The molecule has 0 saturated carbocycles. The molecule has 0 aliphatic heterocycles. The van der Waals surface area contributed by atoms with Gasteiger partial charge < -0.3 is 15.0 Å². The third-order valence-electron chi connectivity index (χ3n) is 2.82. The van der Waals surface area contributed by atoms with Gasteiger partial charge in [0.25, 0.3) is 0 Å². The van der Waals surface area contributed by atoms with E-state index in [4.69, 9.17) is 4.74 Å². The molecule has 0 bridgehead atoms. The van der Waals surface area contributed by atoms with E-state index in [1.807, 2.05) is 0 Å². The molecular formula is C13H19FN2O3S. The number of amides is 2. The molecule has 0 fully saturated rings. The average molecular weight is 302 g/mol. The third kappa shape index (κ3) is 4.80. The van der Waals surface area contributed by atoms with Crippen LogP contribution in [0.4, 0.5) is 14.9 Å². The zero-order valence-corrected chi connectivity index (χ0v) is 12.8. The maximum absolute atomic E-state index is 13.3. The lowest BCUT2D eigenvalue weighted by molar-refractivity contribution is 0.212. The van der Waals surface area contributed by atoms with E-state index in [0.29, 0.717) is 17.2 Å². The highest BCUT2D eigenvalue weighted by Gasteiger charge is 2.17. The summed E-state index contributed by atoms with van der Waals surface area (Å²) in [6.07, 6.45) is 1.58. The number of urea groups is 1. The Morgan fingerprint density at radius 2 is 2.15 bits per heavy atom. The molecule has 1 aromatic carbocycles. The zero-order valence-electron chi connectivity index (χ0n) is 12.0. The van der Waals surface area contributed by atoms with Crippen LogP contribution in [0, 0.1) is 5.82 Å². The fourth-order valence-electron chi connectivity index (χ4n) is 1.62. The third-order valence-corrected chi connectivity index (χ3v) is 3.77. The smallest absolute Gasteiger partial charge is 0.321 e. The Hall–Kier alpha value is -1.63. The number of carbonyl (C=O) groups excluding carboxylic acids is 1. The Labute approximate surface area is 120 Å². The van der Waals surface area contributed by atoms with Crippen molar-refractivity contribution in [2.24, 2.45) is 0 Å². The Morgan fingerprint density at radius 3 is 2.70 bits per heavy atom. The van der Waals surface area contributed by atoms with Gasteiger partial charge in [0, 0.05) is 53.7 Å². The van der Waals surface area contributed by atoms with E-state index in [-0.39, 0.29) is 6.04 Å². The monoisotopic (exact) mass is 302 g/mol. The Morgan fingerprint density at radius 1 is 1.50 bits per heavy atom. The van der Waals surface area contributed by atoms with Crippen LogP contribution in [0.3, 0.4) is 0 Å². The molecule has 0 radical (unpaired) electrons. The first-order valence-electron chi connectivity index (χ1n) is 6.02. The van der Waals surface area contributed by atoms with Crippen molar-refractivity contribution in [3.8, 4) is 5.75 Å². The second-order valence-corrected chi connectivity index (χ2v) is 5.99. The predicted molar refractivity (Wildman–Crippen MR) is 78.1 cm³/mol. The van der Waals surface area contributed by atoms with Crippen molar-refractivity contribution in [2.45, 2.75) is 13.0 Å². The number of methoxy groups -OCH3 is 1. The molecule has 2 amide bonds. The Balaban J connectivity index is 2.74. The lowest BCUT2D eigenvalue weighted by Gasteiger charge is -2.24. The number of anilines is 1. The fourth-order valence-corrected chi connectivity index (χ4v) is 2.52. The summed E-state index contributed by atoms with van der Waals surface area (Å²) < 4.78 is 29.4. The normalized spacial score (nSPS) is 13.4. The van der Waals surface area contributed by atoms with Crippen molar-refractivity contribution in [1.29, 1.82) is 0 Å². The van der Waals surface area contributed by atoms with Crippen LogP contribution >= 0.6 is 0 Å². The minimum Gasteiger partial charge on any atom is -0.497 e. The minimum absolute atomic E-state index is 0.184. The van der Waals surface area contributed by atoms with Gasteiger partial charge in [-0.15, -0.1) is 0 Å². The highest BCUT2D eigenvalue weighted by molar-refractivity contribution is 7.84. The van der Waals surface area contributed by atoms with Crippen molar-refractivity contribution in [3.05, 3.63) is 24.0 Å². The number of halogens is 1. The van der Waals surface area contributed by atoms with Crippen molar-refractivity contribution >= 4 is 22.5 Å². The van der Waals surface area contributed by atoms with Gasteiger partial charge in [-0.05, 0) is 13.0 Å². The van der Waals surface area contributed by atoms with Gasteiger partial charge in [0.1, 0.15) is 11.6 Å².